The summed E-state index contributed by atoms with van der Waals surface area (Å²) in [5.41, 5.74) is 1.94. The van der Waals surface area contributed by atoms with Gasteiger partial charge in [-0.05, 0) is 24.6 Å². The molecule has 7 nitrogen and oxygen atoms in total. The van der Waals surface area contributed by atoms with Crippen LogP contribution in [-0.2, 0) is 18.1 Å². The Bertz CT molecular complexity index is 769. The minimum absolute atomic E-state index is 0.0237. The molecule has 0 radical (unpaired) electrons. The summed E-state index contributed by atoms with van der Waals surface area (Å²) in [6, 6.07) is 5.66. The number of benzene rings is 1. The molecule has 2 aliphatic heterocycles. The van der Waals surface area contributed by atoms with Crippen LogP contribution in [0, 0.1) is 0 Å². The quantitative estimate of drug-likeness (QED) is 0.931. The number of aromatic nitrogens is 2. The first kappa shape index (κ1) is 13.8. The Morgan fingerprint density at radius 1 is 1.43 bits per heavy atom. The Balaban J connectivity index is 1.55. The largest absolute Gasteiger partial charge is 0.473 e. The number of ether oxygens (including phenoxy) is 1. The van der Waals surface area contributed by atoms with Crippen LogP contribution in [-0.4, -0.2) is 32.4 Å². The smallest absolute Gasteiger partial charge is 0.249 e. The number of amides is 1. The van der Waals surface area contributed by atoms with Gasteiger partial charge in [0.25, 0.3) is 0 Å². The topological polar surface area (TPSA) is 71.7 Å². The molecule has 0 spiro atoms. The number of hydrogen-bond donors (Lipinski definition) is 1. The van der Waals surface area contributed by atoms with E-state index in [0.29, 0.717) is 19.2 Å². The van der Waals surface area contributed by atoms with Gasteiger partial charge in [-0.3, -0.25) is 10.1 Å². The summed E-state index contributed by atoms with van der Waals surface area (Å²) >= 11 is 0. The van der Waals surface area contributed by atoms with Gasteiger partial charge in [-0.1, -0.05) is 6.92 Å². The van der Waals surface area contributed by atoms with Gasteiger partial charge >= 0.3 is 0 Å². The van der Waals surface area contributed by atoms with Crippen molar-refractivity contribution in [3.8, 4) is 5.75 Å². The zero-order valence-corrected chi connectivity index (χ0v) is 12.8. The molecule has 7 heteroatoms. The third-order valence-corrected chi connectivity index (χ3v) is 4.13. The highest BCUT2D eigenvalue weighted by molar-refractivity contribution is 6.07. The predicted octanol–water partition coefficient (Wildman–Crippen LogP) is 1.63. The maximum absolute atomic E-state index is 12.0. The van der Waals surface area contributed by atoms with Crippen molar-refractivity contribution in [1.82, 2.24) is 19.8 Å². The molecule has 1 fully saturated rings. The number of imidazole rings is 1. The summed E-state index contributed by atoms with van der Waals surface area (Å²) in [7, 11) is 0. The number of nitrogens with one attached hydrogen (secondary N) is 1. The molecule has 4 rings (SSSR count). The number of carbonyl (C=O) groups excluding carboxylic acids is 1. The molecule has 2 aromatic rings. The van der Waals surface area contributed by atoms with Gasteiger partial charge in [0, 0.05) is 24.5 Å². The first-order valence-electron chi connectivity index (χ1n) is 7.62. The Morgan fingerprint density at radius 2 is 2.35 bits per heavy atom. The van der Waals surface area contributed by atoms with Gasteiger partial charge < -0.3 is 14.2 Å². The lowest BCUT2D eigenvalue weighted by Crippen LogP contribution is -2.36. The number of carbonyl (C=O) groups is 1. The molecule has 23 heavy (non-hydrogen) atoms. The lowest BCUT2D eigenvalue weighted by atomic mass is 10.1. The highest BCUT2D eigenvalue weighted by atomic mass is 16.5. The van der Waals surface area contributed by atoms with E-state index >= 15 is 0 Å². The fraction of sp³-hybridized carbons (Fsp3) is 0.312. The van der Waals surface area contributed by atoms with Crippen LogP contribution in [0.1, 0.15) is 18.9 Å². The lowest BCUT2D eigenvalue weighted by Gasteiger charge is -2.27. The standard InChI is InChI=1S/C16H17N5O2/c1-2-14-15(22)19-16-18-13-4-3-12(7-11(13)8-21(14)16)23-10-20-6-5-17-9-20/h3-7,9,14H,2,8,10H2,1H3,(H,18,19,22). The number of fused-ring (bicyclic) bond motifs is 2. The summed E-state index contributed by atoms with van der Waals surface area (Å²) in [4.78, 5) is 22.5. The molecule has 2 aliphatic rings. The molecule has 0 saturated carbocycles. The van der Waals surface area contributed by atoms with Gasteiger partial charge in [-0.15, -0.1) is 0 Å². The Kier molecular flexibility index (Phi) is 3.25. The van der Waals surface area contributed by atoms with Crippen molar-refractivity contribution in [2.45, 2.75) is 32.7 Å². The number of rotatable bonds is 4. The molecule has 1 aromatic heterocycles. The van der Waals surface area contributed by atoms with E-state index < -0.39 is 0 Å². The molecule has 0 bridgehead atoms. The van der Waals surface area contributed by atoms with E-state index in [1.165, 1.54) is 0 Å². The molecular formula is C16H17N5O2. The SMILES string of the molecule is CCC1C(=O)NC2=Nc3ccc(OCn4ccnc4)cc3CN21. The first-order chi connectivity index (χ1) is 11.2. The van der Waals surface area contributed by atoms with Crippen LogP contribution in [0.3, 0.4) is 0 Å². The van der Waals surface area contributed by atoms with Crippen molar-refractivity contribution in [1.29, 1.82) is 0 Å². The van der Waals surface area contributed by atoms with E-state index in [1.54, 1.807) is 12.5 Å². The predicted molar refractivity (Wildman–Crippen MR) is 84.2 cm³/mol. The number of aliphatic imine (C=N–C) groups is 1. The lowest BCUT2D eigenvalue weighted by molar-refractivity contribution is -0.121. The molecule has 1 unspecified atom stereocenters. The minimum atomic E-state index is -0.141. The Labute approximate surface area is 133 Å². The fourth-order valence-electron chi connectivity index (χ4n) is 2.93. The second kappa shape index (κ2) is 5.42. The third kappa shape index (κ3) is 2.44. The van der Waals surface area contributed by atoms with Gasteiger partial charge in [0.15, 0.2) is 6.73 Å². The fourth-order valence-corrected chi connectivity index (χ4v) is 2.93. The maximum Gasteiger partial charge on any atom is 0.249 e. The van der Waals surface area contributed by atoms with E-state index in [0.717, 1.165) is 23.4 Å². The number of guanidine groups is 1. The first-order valence-corrected chi connectivity index (χ1v) is 7.62. The normalized spacial score (nSPS) is 19.0. The Hall–Kier alpha value is -2.83. The molecule has 1 amide bonds. The zero-order chi connectivity index (χ0) is 15.8. The highest BCUT2D eigenvalue weighted by Gasteiger charge is 2.37. The molecule has 3 heterocycles. The van der Waals surface area contributed by atoms with E-state index in [9.17, 15) is 4.79 Å². The van der Waals surface area contributed by atoms with Crippen molar-refractivity contribution in [3.63, 3.8) is 0 Å². The van der Waals surface area contributed by atoms with Crippen molar-refractivity contribution >= 4 is 17.6 Å². The number of hydrogen-bond acceptors (Lipinski definition) is 5. The van der Waals surface area contributed by atoms with Gasteiger partial charge in [-0.25, -0.2) is 9.98 Å². The monoisotopic (exact) mass is 311 g/mol. The second-order valence-electron chi connectivity index (χ2n) is 5.62. The van der Waals surface area contributed by atoms with E-state index in [4.69, 9.17) is 4.74 Å². The van der Waals surface area contributed by atoms with Gasteiger partial charge in [0.1, 0.15) is 11.8 Å². The summed E-state index contributed by atoms with van der Waals surface area (Å²) in [6.07, 6.45) is 6.04. The minimum Gasteiger partial charge on any atom is -0.473 e. The summed E-state index contributed by atoms with van der Waals surface area (Å²) in [5.74, 6) is 1.46. The summed E-state index contributed by atoms with van der Waals surface area (Å²) in [5, 5.41) is 2.85. The number of nitrogens with zero attached hydrogens (tertiary/aromatic N) is 4. The molecular weight excluding hydrogens is 294 g/mol. The van der Waals surface area contributed by atoms with Crippen LogP contribution in [0.4, 0.5) is 5.69 Å². The summed E-state index contributed by atoms with van der Waals surface area (Å²) in [6.45, 7) is 3.08. The molecule has 1 aromatic carbocycles. The van der Waals surface area contributed by atoms with Crippen molar-refractivity contribution in [2.24, 2.45) is 4.99 Å². The van der Waals surface area contributed by atoms with Crippen molar-refractivity contribution in [3.05, 3.63) is 42.5 Å². The van der Waals surface area contributed by atoms with E-state index in [2.05, 4.69) is 15.3 Å². The average molecular weight is 311 g/mol. The average Bonchev–Trinajstić information content (AvgIpc) is 3.17. The molecule has 0 aliphatic carbocycles. The van der Waals surface area contributed by atoms with Crippen LogP contribution in [0.25, 0.3) is 0 Å². The second-order valence-corrected chi connectivity index (χ2v) is 5.62. The highest BCUT2D eigenvalue weighted by Crippen LogP contribution is 2.32. The Morgan fingerprint density at radius 3 is 3.13 bits per heavy atom. The van der Waals surface area contributed by atoms with Crippen LogP contribution >= 0.6 is 0 Å². The maximum atomic E-state index is 12.0. The summed E-state index contributed by atoms with van der Waals surface area (Å²) < 4.78 is 7.63. The van der Waals surface area contributed by atoms with Gasteiger partial charge in [0.2, 0.25) is 11.9 Å². The van der Waals surface area contributed by atoms with Crippen LogP contribution < -0.4 is 10.1 Å². The van der Waals surface area contributed by atoms with E-state index in [1.807, 2.05) is 40.8 Å². The van der Waals surface area contributed by atoms with Gasteiger partial charge in [0.05, 0.1) is 12.0 Å². The third-order valence-electron chi connectivity index (χ3n) is 4.13. The molecule has 1 N–H and O–H groups in total. The van der Waals surface area contributed by atoms with Gasteiger partial charge in [-0.2, -0.15) is 0 Å². The van der Waals surface area contributed by atoms with Crippen molar-refractivity contribution in [2.75, 3.05) is 0 Å². The molecule has 1 saturated heterocycles. The molecule has 118 valence electrons. The van der Waals surface area contributed by atoms with E-state index in [-0.39, 0.29) is 11.9 Å². The van der Waals surface area contributed by atoms with Crippen LogP contribution in [0.2, 0.25) is 0 Å². The molecule has 1 atom stereocenters. The van der Waals surface area contributed by atoms with Crippen molar-refractivity contribution < 1.29 is 9.53 Å². The zero-order valence-electron chi connectivity index (χ0n) is 12.8. The van der Waals surface area contributed by atoms with Crippen LogP contribution in [0.5, 0.6) is 5.75 Å². The van der Waals surface area contributed by atoms with Crippen LogP contribution in [0.15, 0.2) is 41.9 Å².